The first-order valence-electron chi connectivity index (χ1n) is 10.9. The van der Waals surface area contributed by atoms with Crippen molar-refractivity contribution in [3.05, 3.63) is 84.8 Å². The number of aliphatic hydroxyl groups excluding tert-OH is 2. The van der Waals surface area contributed by atoms with E-state index in [9.17, 15) is 28.2 Å². The molecule has 0 bridgehead atoms. The van der Waals surface area contributed by atoms with Crippen LogP contribution in [0.25, 0.3) is 16.9 Å². The Morgan fingerprint density at radius 3 is 2.11 bits per heavy atom. The first-order chi connectivity index (χ1) is 17.8. The van der Waals surface area contributed by atoms with Crippen molar-refractivity contribution in [2.24, 2.45) is 0 Å². The summed E-state index contributed by atoms with van der Waals surface area (Å²) >= 11 is 24.8. The first kappa shape index (κ1) is 28.5. The van der Waals surface area contributed by atoms with Gasteiger partial charge in [-0.2, -0.15) is 13.2 Å². The summed E-state index contributed by atoms with van der Waals surface area (Å²) < 4.78 is 42.6. The molecule has 0 fully saturated rings. The van der Waals surface area contributed by atoms with Crippen molar-refractivity contribution >= 4 is 46.4 Å². The summed E-state index contributed by atoms with van der Waals surface area (Å²) in [6.45, 7) is -0.0407. The van der Waals surface area contributed by atoms with Crippen LogP contribution in [0.15, 0.2) is 47.3 Å². The summed E-state index contributed by atoms with van der Waals surface area (Å²) in [5.74, 6) is 0.101. The van der Waals surface area contributed by atoms with Crippen molar-refractivity contribution < 1.29 is 23.4 Å². The van der Waals surface area contributed by atoms with Crippen molar-refractivity contribution in [2.45, 2.75) is 38.4 Å². The molecule has 0 spiro atoms. The van der Waals surface area contributed by atoms with Gasteiger partial charge in [0.25, 0.3) is 0 Å². The van der Waals surface area contributed by atoms with Gasteiger partial charge in [-0.25, -0.2) is 14.5 Å². The number of halogens is 7. The lowest BCUT2D eigenvalue weighted by Crippen LogP contribution is -2.37. The highest BCUT2D eigenvalue weighted by Crippen LogP contribution is 2.31. The van der Waals surface area contributed by atoms with Crippen LogP contribution in [0.2, 0.25) is 20.2 Å². The van der Waals surface area contributed by atoms with E-state index in [0.717, 1.165) is 9.13 Å². The minimum atomic E-state index is -4.98. The second kappa shape index (κ2) is 10.9. The third-order valence-corrected chi connectivity index (χ3v) is 6.54. The fraction of sp³-hybridized carbons (Fsp3) is 0.261. The number of hydrogen-bond acceptors (Lipinski definition) is 5. The molecule has 0 aliphatic carbocycles. The second-order valence-electron chi connectivity index (χ2n) is 8.28. The van der Waals surface area contributed by atoms with Gasteiger partial charge in [-0.3, -0.25) is 9.13 Å². The van der Waals surface area contributed by atoms with Crippen LogP contribution >= 0.6 is 46.4 Å². The Morgan fingerprint density at radius 2 is 1.55 bits per heavy atom. The van der Waals surface area contributed by atoms with Gasteiger partial charge in [0.15, 0.2) is 17.8 Å². The number of benzene rings is 2. The van der Waals surface area contributed by atoms with Gasteiger partial charge in [-0.05, 0) is 37.3 Å². The third-order valence-electron chi connectivity index (χ3n) is 5.47. The van der Waals surface area contributed by atoms with Crippen molar-refractivity contribution in [3.63, 3.8) is 0 Å². The van der Waals surface area contributed by atoms with Crippen LogP contribution < -0.4 is 5.69 Å². The highest BCUT2D eigenvalue weighted by molar-refractivity contribution is 6.35. The summed E-state index contributed by atoms with van der Waals surface area (Å²) in [4.78, 5) is 17.7. The Hall–Kier alpha value is -2.54. The van der Waals surface area contributed by atoms with E-state index in [1.54, 1.807) is 0 Å². The van der Waals surface area contributed by atoms with Gasteiger partial charge in [0.1, 0.15) is 11.3 Å². The maximum Gasteiger partial charge on any atom is 0.416 e. The normalized spacial score (nSPS) is 13.6. The average Bonchev–Trinajstić information content (AvgIpc) is 3.34. The van der Waals surface area contributed by atoms with E-state index in [1.807, 2.05) is 0 Å². The molecule has 0 aliphatic rings. The Bertz CT molecular complexity index is 1510. The van der Waals surface area contributed by atoms with Gasteiger partial charge in [0.05, 0.1) is 24.5 Å². The van der Waals surface area contributed by atoms with Crippen LogP contribution in [0.4, 0.5) is 13.2 Å². The largest absolute Gasteiger partial charge is 0.416 e. The highest BCUT2D eigenvalue weighted by atomic mass is 35.5. The highest BCUT2D eigenvalue weighted by Gasteiger charge is 2.39. The monoisotopic (exact) mass is 609 g/mol. The second-order valence-corrected chi connectivity index (χ2v) is 9.95. The fourth-order valence-corrected chi connectivity index (χ4v) is 4.66. The van der Waals surface area contributed by atoms with Crippen LogP contribution in [-0.4, -0.2) is 46.4 Å². The molecule has 202 valence electrons. The molecular formula is C23H18Cl4F3N5O3. The molecule has 4 aromatic rings. The molecule has 0 saturated heterocycles. The smallest absolute Gasteiger partial charge is 0.385 e. The Balaban J connectivity index is 1.89. The maximum absolute atomic E-state index is 13.4. The van der Waals surface area contributed by atoms with Crippen LogP contribution in [0.5, 0.6) is 0 Å². The van der Waals surface area contributed by atoms with Gasteiger partial charge in [-0.1, -0.05) is 58.5 Å². The predicted octanol–water partition coefficient (Wildman–Crippen LogP) is 5.54. The number of rotatable bonds is 7. The zero-order chi connectivity index (χ0) is 27.9. The van der Waals surface area contributed by atoms with Crippen LogP contribution in [0, 0.1) is 0 Å². The number of aromatic nitrogens is 5. The molecule has 2 heterocycles. The number of alkyl halides is 3. The Kier molecular flexibility index (Phi) is 8.17. The Morgan fingerprint density at radius 1 is 0.947 bits per heavy atom. The summed E-state index contributed by atoms with van der Waals surface area (Å²) in [5.41, 5.74) is -0.368. The lowest BCUT2D eigenvalue weighted by atomic mass is 10.1. The molecule has 38 heavy (non-hydrogen) atoms. The van der Waals surface area contributed by atoms with Crippen molar-refractivity contribution in [1.82, 2.24) is 23.9 Å². The van der Waals surface area contributed by atoms with E-state index in [1.165, 1.54) is 54.1 Å². The molecule has 4 rings (SSSR count). The number of hydrogen-bond donors (Lipinski definition) is 2. The quantitative estimate of drug-likeness (QED) is 0.286. The van der Waals surface area contributed by atoms with E-state index >= 15 is 0 Å². The van der Waals surface area contributed by atoms with Gasteiger partial charge < -0.3 is 10.2 Å². The minimum Gasteiger partial charge on any atom is -0.385 e. The number of aliphatic hydroxyl groups is 2. The van der Waals surface area contributed by atoms with Crippen LogP contribution in [0.1, 0.15) is 24.7 Å². The molecule has 2 aromatic heterocycles. The maximum atomic E-state index is 13.4. The lowest BCUT2D eigenvalue weighted by molar-refractivity contribution is -0.207. The standard InChI is InChI=1S/C23H18Cl4F3N5O3/c1-11(36)21-31-18(35(32-21)16-7-14(25)6-15(26)8-16)10-34-20(27)19(12-2-4-13(24)5-3-12)33(22(34)38)9-17(37)23(28,29)30/h2-8,11,17,36-37H,9-10H2,1H3/t11-,17?/m0/s1. The van der Waals surface area contributed by atoms with E-state index in [-0.39, 0.29) is 44.6 Å². The molecule has 15 heteroatoms. The molecule has 2 atom stereocenters. The first-order valence-corrected chi connectivity index (χ1v) is 12.4. The molecule has 0 radical (unpaired) electrons. The third kappa shape index (κ3) is 5.88. The molecule has 1 unspecified atom stereocenters. The average molecular weight is 611 g/mol. The fourth-order valence-electron chi connectivity index (χ4n) is 3.68. The molecule has 2 aromatic carbocycles. The van der Waals surface area contributed by atoms with Crippen molar-refractivity contribution in [3.8, 4) is 16.9 Å². The molecular weight excluding hydrogens is 593 g/mol. The Labute approximate surface area is 233 Å². The van der Waals surface area contributed by atoms with Crippen molar-refractivity contribution in [2.75, 3.05) is 0 Å². The van der Waals surface area contributed by atoms with E-state index in [0.29, 0.717) is 10.7 Å². The summed E-state index contributed by atoms with van der Waals surface area (Å²) in [6.07, 6.45) is -8.91. The van der Waals surface area contributed by atoms with Gasteiger partial charge in [0, 0.05) is 20.6 Å². The molecule has 0 saturated carbocycles. The van der Waals surface area contributed by atoms with Crippen molar-refractivity contribution in [1.29, 1.82) is 0 Å². The SMILES string of the molecule is C[C@H](O)c1nc(Cn2c(Cl)c(-c3ccc(Cl)cc3)n(CC(O)C(F)(F)F)c2=O)n(-c2cc(Cl)cc(Cl)c2)n1. The molecule has 0 amide bonds. The zero-order valence-electron chi connectivity index (χ0n) is 19.3. The zero-order valence-corrected chi connectivity index (χ0v) is 22.3. The molecule has 2 N–H and O–H groups in total. The topological polar surface area (TPSA) is 98.1 Å². The van der Waals surface area contributed by atoms with Crippen LogP contribution in [0.3, 0.4) is 0 Å². The molecule has 8 nitrogen and oxygen atoms in total. The van der Waals surface area contributed by atoms with Gasteiger partial charge >= 0.3 is 11.9 Å². The number of imidazole rings is 1. The van der Waals surface area contributed by atoms with Crippen LogP contribution in [-0.2, 0) is 13.1 Å². The van der Waals surface area contributed by atoms with E-state index < -0.39 is 30.6 Å². The van der Waals surface area contributed by atoms with E-state index in [2.05, 4.69) is 10.1 Å². The summed E-state index contributed by atoms with van der Waals surface area (Å²) in [7, 11) is 0. The summed E-state index contributed by atoms with van der Waals surface area (Å²) in [6, 6.07) is 10.4. The lowest BCUT2D eigenvalue weighted by Gasteiger charge is -2.16. The predicted molar refractivity (Wildman–Crippen MR) is 137 cm³/mol. The van der Waals surface area contributed by atoms with E-state index in [4.69, 9.17) is 46.4 Å². The number of nitrogens with zero attached hydrogens (tertiary/aromatic N) is 5. The molecule has 0 aliphatic heterocycles. The van der Waals surface area contributed by atoms with Gasteiger partial charge in [0.2, 0.25) is 0 Å². The van der Waals surface area contributed by atoms with Gasteiger partial charge in [-0.15, -0.1) is 5.10 Å². The summed E-state index contributed by atoms with van der Waals surface area (Å²) in [5, 5.41) is 24.8. The minimum absolute atomic E-state index is 0.00474.